The molecule has 10 heavy (non-hydrogen) atoms. The topological polar surface area (TPSA) is 17.8 Å². The Kier molecular flexibility index (Phi) is 1.77. The molecule has 1 aromatic heterocycles. The summed E-state index contributed by atoms with van der Waals surface area (Å²) in [4.78, 5) is 0. The van der Waals surface area contributed by atoms with Gasteiger partial charge in [0, 0.05) is 6.54 Å². The molecule has 0 radical (unpaired) electrons. The molecule has 0 fully saturated rings. The van der Waals surface area contributed by atoms with E-state index in [4.69, 9.17) is 6.42 Å². The first-order valence-corrected chi connectivity index (χ1v) is 3.28. The summed E-state index contributed by atoms with van der Waals surface area (Å²) in [6.07, 6.45) is 6.94. The van der Waals surface area contributed by atoms with Crippen molar-refractivity contribution in [3.63, 3.8) is 0 Å². The van der Waals surface area contributed by atoms with Crippen LogP contribution >= 0.6 is 0 Å². The fourth-order valence-corrected chi connectivity index (χ4v) is 0.907. The maximum absolute atomic E-state index is 5.22. The molecule has 0 spiro atoms. The summed E-state index contributed by atoms with van der Waals surface area (Å²) in [6.45, 7) is 4.90. The molecule has 0 aliphatic heterocycles. The summed E-state index contributed by atoms with van der Waals surface area (Å²) in [5.41, 5.74) is 1.96. The molecule has 0 atom stereocenters. The first kappa shape index (κ1) is 6.88. The Bertz CT molecular complexity index is 265. The van der Waals surface area contributed by atoms with Crippen LogP contribution in [0.1, 0.15) is 18.2 Å². The van der Waals surface area contributed by atoms with E-state index in [-0.39, 0.29) is 0 Å². The zero-order valence-electron chi connectivity index (χ0n) is 6.26. The van der Waals surface area contributed by atoms with Crippen LogP contribution < -0.4 is 0 Å². The molecule has 0 unspecified atom stereocenters. The lowest BCUT2D eigenvalue weighted by Crippen LogP contribution is -1.98. The van der Waals surface area contributed by atoms with Crippen molar-refractivity contribution in [3.8, 4) is 12.3 Å². The van der Waals surface area contributed by atoms with Crippen LogP contribution in [0, 0.1) is 19.3 Å². The van der Waals surface area contributed by atoms with Crippen molar-refractivity contribution in [2.45, 2.75) is 20.4 Å². The normalized spacial score (nSPS) is 9.30. The van der Waals surface area contributed by atoms with Crippen LogP contribution in [0.15, 0.2) is 6.20 Å². The van der Waals surface area contributed by atoms with Gasteiger partial charge in [-0.1, -0.05) is 5.92 Å². The van der Waals surface area contributed by atoms with Gasteiger partial charge in [-0.15, -0.1) is 6.42 Å². The van der Waals surface area contributed by atoms with Crippen molar-refractivity contribution in [1.82, 2.24) is 9.78 Å². The van der Waals surface area contributed by atoms with Crippen LogP contribution in [0.3, 0.4) is 0 Å². The highest BCUT2D eigenvalue weighted by Crippen LogP contribution is 2.03. The molecule has 0 aliphatic carbocycles. The fourth-order valence-electron chi connectivity index (χ4n) is 0.907. The number of aromatic nitrogens is 2. The maximum Gasteiger partial charge on any atom is 0.0651 e. The smallest absolute Gasteiger partial charge is 0.0651 e. The highest BCUT2D eigenvalue weighted by Gasteiger charge is 1.99. The standard InChI is InChI=1S/C8H10N2/c1-4-8-6-9-10(5-2)7(8)3/h1,6H,5H2,2-3H3. The molecule has 2 nitrogen and oxygen atoms in total. The van der Waals surface area contributed by atoms with Gasteiger partial charge in [-0.25, -0.2) is 0 Å². The number of hydrogen-bond donors (Lipinski definition) is 0. The van der Waals surface area contributed by atoms with E-state index in [1.165, 1.54) is 0 Å². The summed E-state index contributed by atoms with van der Waals surface area (Å²) in [5, 5.41) is 4.08. The molecular weight excluding hydrogens is 124 g/mol. The Morgan fingerprint density at radius 1 is 1.80 bits per heavy atom. The van der Waals surface area contributed by atoms with Gasteiger partial charge in [0.25, 0.3) is 0 Å². The predicted molar refractivity (Wildman–Crippen MR) is 40.6 cm³/mol. The van der Waals surface area contributed by atoms with Crippen molar-refractivity contribution < 1.29 is 0 Å². The second-order valence-corrected chi connectivity index (χ2v) is 2.10. The summed E-state index contributed by atoms with van der Waals surface area (Å²) < 4.78 is 1.88. The predicted octanol–water partition coefficient (Wildman–Crippen LogP) is 1.19. The molecule has 0 bridgehead atoms. The minimum absolute atomic E-state index is 0.882. The van der Waals surface area contributed by atoms with E-state index in [1.54, 1.807) is 6.20 Å². The molecule has 52 valence electrons. The lowest BCUT2D eigenvalue weighted by atomic mass is 10.3. The third kappa shape index (κ3) is 0.906. The number of nitrogens with zero attached hydrogens (tertiary/aromatic N) is 2. The van der Waals surface area contributed by atoms with Crippen molar-refractivity contribution in [2.75, 3.05) is 0 Å². The molecule has 1 aromatic rings. The maximum atomic E-state index is 5.22. The minimum Gasteiger partial charge on any atom is -0.269 e. The Morgan fingerprint density at radius 2 is 2.50 bits per heavy atom. The van der Waals surface area contributed by atoms with Crippen molar-refractivity contribution in [1.29, 1.82) is 0 Å². The van der Waals surface area contributed by atoms with Crippen LogP contribution in [0.5, 0.6) is 0 Å². The summed E-state index contributed by atoms with van der Waals surface area (Å²) in [7, 11) is 0. The van der Waals surface area contributed by atoms with Gasteiger partial charge in [0.15, 0.2) is 0 Å². The van der Waals surface area contributed by atoms with Crippen molar-refractivity contribution in [2.24, 2.45) is 0 Å². The summed E-state index contributed by atoms with van der Waals surface area (Å²) in [6, 6.07) is 0. The average molecular weight is 134 g/mol. The fraction of sp³-hybridized carbons (Fsp3) is 0.375. The van der Waals surface area contributed by atoms with E-state index in [9.17, 15) is 0 Å². The number of hydrogen-bond acceptors (Lipinski definition) is 1. The van der Waals surface area contributed by atoms with Crippen LogP contribution in [0.2, 0.25) is 0 Å². The van der Waals surface area contributed by atoms with E-state index in [1.807, 2.05) is 18.5 Å². The Labute approximate surface area is 60.9 Å². The molecular formula is C8H10N2. The van der Waals surface area contributed by atoms with Crippen LogP contribution in [0.4, 0.5) is 0 Å². The van der Waals surface area contributed by atoms with Crippen molar-refractivity contribution in [3.05, 3.63) is 17.5 Å². The first-order chi connectivity index (χ1) is 4.79. The van der Waals surface area contributed by atoms with Gasteiger partial charge in [-0.2, -0.15) is 5.10 Å². The number of terminal acetylenes is 1. The molecule has 0 amide bonds. The summed E-state index contributed by atoms with van der Waals surface area (Å²) in [5.74, 6) is 2.57. The second kappa shape index (κ2) is 2.57. The number of aryl methyl sites for hydroxylation is 1. The van der Waals surface area contributed by atoms with Gasteiger partial charge >= 0.3 is 0 Å². The molecule has 1 rings (SSSR count). The van der Waals surface area contributed by atoms with E-state index < -0.39 is 0 Å². The van der Waals surface area contributed by atoms with Crippen molar-refractivity contribution >= 4 is 0 Å². The van der Waals surface area contributed by atoms with Gasteiger partial charge in [0.05, 0.1) is 17.5 Å². The molecule has 1 heterocycles. The Morgan fingerprint density at radius 3 is 2.80 bits per heavy atom. The molecule has 2 heteroatoms. The van der Waals surface area contributed by atoms with Gasteiger partial charge in [0.1, 0.15) is 0 Å². The van der Waals surface area contributed by atoms with E-state index in [0.717, 1.165) is 17.8 Å². The average Bonchev–Trinajstić information content (AvgIpc) is 2.30. The zero-order chi connectivity index (χ0) is 7.56. The van der Waals surface area contributed by atoms with E-state index >= 15 is 0 Å². The highest BCUT2D eigenvalue weighted by molar-refractivity contribution is 5.33. The molecule has 0 aliphatic rings. The lowest BCUT2D eigenvalue weighted by Gasteiger charge is -1.96. The van der Waals surface area contributed by atoms with Crippen LogP contribution in [0.25, 0.3) is 0 Å². The molecule has 0 saturated carbocycles. The molecule has 0 aromatic carbocycles. The van der Waals surface area contributed by atoms with Crippen LogP contribution in [-0.4, -0.2) is 9.78 Å². The van der Waals surface area contributed by atoms with Gasteiger partial charge in [-0.05, 0) is 13.8 Å². The first-order valence-electron chi connectivity index (χ1n) is 3.28. The molecule has 0 N–H and O–H groups in total. The van der Waals surface area contributed by atoms with Gasteiger partial charge in [-0.3, -0.25) is 4.68 Å². The number of rotatable bonds is 1. The Balaban J connectivity index is 3.12. The highest BCUT2D eigenvalue weighted by atomic mass is 15.3. The SMILES string of the molecule is C#Cc1cnn(CC)c1C. The third-order valence-electron chi connectivity index (χ3n) is 1.56. The monoisotopic (exact) mass is 134 g/mol. The minimum atomic E-state index is 0.882. The largest absolute Gasteiger partial charge is 0.269 e. The Hall–Kier alpha value is -1.23. The second-order valence-electron chi connectivity index (χ2n) is 2.10. The lowest BCUT2D eigenvalue weighted by molar-refractivity contribution is 0.639. The summed E-state index contributed by atoms with van der Waals surface area (Å²) >= 11 is 0. The van der Waals surface area contributed by atoms with Gasteiger partial charge in [0.2, 0.25) is 0 Å². The zero-order valence-corrected chi connectivity index (χ0v) is 6.26. The van der Waals surface area contributed by atoms with E-state index in [2.05, 4.69) is 11.0 Å². The van der Waals surface area contributed by atoms with Gasteiger partial charge < -0.3 is 0 Å². The van der Waals surface area contributed by atoms with E-state index in [0.29, 0.717) is 0 Å². The van der Waals surface area contributed by atoms with Crippen LogP contribution in [-0.2, 0) is 6.54 Å². The molecule has 0 saturated heterocycles. The quantitative estimate of drug-likeness (QED) is 0.527. The third-order valence-corrected chi connectivity index (χ3v) is 1.56.